The van der Waals surface area contributed by atoms with E-state index >= 15 is 0 Å². The fourth-order valence-corrected chi connectivity index (χ4v) is 2.23. The summed E-state index contributed by atoms with van der Waals surface area (Å²) in [6.45, 7) is 2.16. The third-order valence-electron chi connectivity index (χ3n) is 3.16. The molecule has 1 aliphatic rings. The Balaban J connectivity index is 2.02. The van der Waals surface area contributed by atoms with Crippen molar-refractivity contribution >= 4 is 5.69 Å². The van der Waals surface area contributed by atoms with Crippen molar-refractivity contribution in [2.75, 3.05) is 5.32 Å². The molecule has 2 aromatic rings. The lowest BCUT2D eigenvalue weighted by molar-refractivity contribution is 0.625. The summed E-state index contributed by atoms with van der Waals surface area (Å²) >= 11 is 0. The fraction of sp³-hybridized carbons (Fsp3) is 0.308. The minimum atomic E-state index is -0.221. The lowest BCUT2D eigenvalue weighted by Crippen LogP contribution is -2.22. The van der Waals surface area contributed by atoms with Crippen LogP contribution in [-0.4, -0.2) is 15.8 Å². The maximum atomic E-state index is 12.9. The van der Waals surface area contributed by atoms with Crippen molar-refractivity contribution in [2.24, 2.45) is 0 Å². The molecular weight excluding hydrogens is 217 g/mol. The summed E-state index contributed by atoms with van der Waals surface area (Å²) in [5.41, 5.74) is 3.17. The number of benzene rings is 1. The number of hydrogen-bond acceptors (Lipinski definition) is 2. The van der Waals surface area contributed by atoms with Gasteiger partial charge in [0.25, 0.3) is 0 Å². The zero-order valence-electron chi connectivity index (χ0n) is 9.65. The van der Waals surface area contributed by atoms with Gasteiger partial charge in [0.1, 0.15) is 5.82 Å². The normalized spacial score (nSPS) is 18.6. The predicted molar refractivity (Wildman–Crippen MR) is 64.9 cm³/mol. The van der Waals surface area contributed by atoms with Gasteiger partial charge < -0.3 is 5.32 Å². The van der Waals surface area contributed by atoms with Gasteiger partial charge in [-0.1, -0.05) is 0 Å². The largest absolute Gasteiger partial charge is 0.380 e. The molecule has 0 bridgehead atoms. The molecule has 0 saturated heterocycles. The van der Waals surface area contributed by atoms with Crippen molar-refractivity contribution in [3.63, 3.8) is 0 Å². The molecule has 0 amide bonds. The van der Waals surface area contributed by atoms with Crippen LogP contribution in [0.1, 0.15) is 19.0 Å². The molecule has 1 aromatic carbocycles. The lowest BCUT2D eigenvalue weighted by Gasteiger charge is -2.21. The molecule has 1 aromatic heterocycles. The molecule has 0 radical (unpaired) electrons. The zero-order valence-corrected chi connectivity index (χ0v) is 9.65. The quantitative estimate of drug-likeness (QED) is 0.817. The van der Waals surface area contributed by atoms with Gasteiger partial charge in [0.15, 0.2) is 0 Å². The van der Waals surface area contributed by atoms with Gasteiger partial charge in [-0.05, 0) is 44.0 Å². The van der Waals surface area contributed by atoms with E-state index in [9.17, 15) is 4.39 Å². The highest BCUT2D eigenvalue weighted by atomic mass is 19.1. The number of anilines is 1. The molecular formula is C13H14FN3. The molecule has 4 heteroatoms. The fourth-order valence-electron chi connectivity index (χ4n) is 2.23. The first-order valence-corrected chi connectivity index (χ1v) is 5.83. The van der Waals surface area contributed by atoms with Crippen molar-refractivity contribution in [3.8, 4) is 5.69 Å². The molecule has 0 saturated carbocycles. The van der Waals surface area contributed by atoms with E-state index in [4.69, 9.17) is 0 Å². The molecule has 1 atom stereocenters. The molecule has 0 aliphatic carbocycles. The second kappa shape index (κ2) is 3.87. The Bertz CT molecular complexity index is 530. The average molecular weight is 231 g/mol. The third-order valence-corrected chi connectivity index (χ3v) is 3.16. The van der Waals surface area contributed by atoms with Gasteiger partial charge in [0, 0.05) is 6.04 Å². The van der Waals surface area contributed by atoms with Gasteiger partial charge in [-0.2, -0.15) is 5.10 Å². The van der Waals surface area contributed by atoms with E-state index in [1.54, 1.807) is 12.1 Å². The standard InChI is InChI=1S/C13H14FN3/c1-9-2-7-13-12(16-9)8-15-17(13)11-5-3-10(14)4-6-11/h3-6,8-9,16H,2,7H2,1H3. The molecule has 1 unspecified atom stereocenters. The van der Waals surface area contributed by atoms with Crippen LogP contribution in [0.25, 0.3) is 5.69 Å². The van der Waals surface area contributed by atoms with E-state index in [2.05, 4.69) is 17.3 Å². The second-order valence-corrected chi connectivity index (χ2v) is 4.48. The summed E-state index contributed by atoms with van der Waals surface area (Å²) in [5.74, 6) is -0.221. The Labute approximate surface area is 99.3 Å². The highest BCUT2D eigenvalue weighted by molar-refractivity contribution is 5.52. The van der Waals surface area contributed by atoms with Crippen molar-refractivity contribution < 1.29 is 4.39 Å². The Morgan fingerprint density at radius 3 is 2.88 bits per heavy atom. The monoisotopic (exact) mass is 231 g/mol. The third kappa shape index (κ3) is 1.79. The van der Waals surface area contributed by atoms with Crippen LogP contribution < -0.4 is 5.32 Å². The molecule has 17 heavy (non-hydrogen) atoms. The molecule has 1 aliphatic heterocycles. The Morgan fingerprint density at radius 1 is 1.35 bits per heavy atom. The molecule has 1 N–H and O–H groups in total. The minimum absolute atomic E-state index is 0.221. The first-order chi connectivity index (χ1) is 8.24. The van der Waals surface area contributed by atoms with Crippen molar-refractivity contribution in [3.05, 3.63) is 42.0 Å². The number of fused-ring (bicyclic) bond motifs is 1. The first kappa shape index (κ1) is 10.3. The van der Waals surface area contributed by atoms with Gasteiger partial charge in [-0.15, -0.1) is 0 Å². The number of rotatable bonds is 1. The summed E-state index contributed by atoms with van der Waals surface area (Å²) < 4.78 is 14.8. The Morgan fingerprint density at radius 2 is 2.12 bits per heavy atom. The summed E-state index contributed by atoms with van der Waals surface area (Å²) in [6, 6.07) is 6.92. The average Bonchev–Trinajstić information content (AvgIpc) is 2.73. The number of nitrogens with zero attached hydrogens (tertiary/aromatic N) is 2. The van der Waals surface area contributed by atoms with Crippen LogP contribution in [0.2, 0.25) is 0 Å². The van der Waals surface area contributed by atoms with E-state index in [0.29, 0.717) is 6.04 Å². The van der Waals surface area contributed by atoms with Crippen molar-refractivity contribution in [1.29, 1.82) is 0 Å². The van der Waals surface area contributed by atoms with Gasteiger partial charge >= 0.3 is 0 Å². The van der Waals surface area contributed by atoms with E-state index in [0.717, 1.165) is 24.2 Å². The molecule has 0 fully saturated rings. The molecule has 3 rings (SSSR count). The predicted octanol–water partition coefficient (Wildman–Crippen LogP) is 2.76. The summed E-state index contributed by atoms with van der Waals surface area (Å²) in [4.78, 5) is 0. The van der Waals surface area contributed by atoms with E-state index < -0.39 is 0 Å². The van der Waals surface area contributed by atoms with Crippen molar-refractivity contribution in [2.45, 2.75) is 25.8 Å². The van der Waals surface area contributed by atoms with Gasteiger partial charge in [0.05, 0.1) is 23.3 Å². The smallest absolute Gasteiger partial charge is 0.123 e. The van der Waals surface area contributed by atoms with E-state index in [-0.39, 0.29) is 5.82 Å². The van der Waals surface area contributed by atoms with E-state index in [1.165, 1.54) is 17.8 Å². The van der Waals surface area contributed by atoms with Crippen LogP contribution in [0.4, 0.5) is 10.1 Å². The van der Waals surface area contributed by atoms with Crippen molar-refractivity contribution in [1.82, 2.24) is 9.78 Å². The highest BCUT2D eigenvalue weighted by Gasteiger charge is 2.19. The van der Waals surface area contributed by atoms with Crippen LogP contribution in [0.15, 0.2) is 30.5 Å². The summed E-state index contributed by atoms with van der Waals surface area (Å²) in [7, 11) is 0. The second-order valence-electron chi connectivity index (χ2n) is 4.48. The van der Waals surface area contributed by atoms with Crippen LogP contribution in [0.3, 0.4) is 0 Å². The molecule has 0 spiro atoms. The van der Waals surface area contributed by atoms with Crippen LogP contribution in [0.5, 0.6) is 0 Å². The topological polar surface area (TPSA) is 29.9 Å². The minimum Gasteiger partial charge on any atom is -0.380 e. The number of aromatic nitrogens is 2. The molecule has 2 heterocycles. The van der Waals surface area contributed by atoms with Crippen LogP contribution >= 0.6 is 0 Å². The summed E-state index contributed by atoms with van der Waals surface area (Å²) in [6.07, 6.45) is 3.94. The van der Waals surface area contributed by atoms with Gasteiger partial charge in [-0.25, -0.2) is 9.07 Å². The van der Waals surface area contributed by atoms with Crippen LogP contribution in [-0.2, 0) is 6.42 Å². The van der Waals surface area contributed by atoms with Gasteiger partial charge in [-0.3, -0.25) is 0 Å². The Kier molecular flexibility index (Phi) is 2.35. The maximum absolute atomic E-state index is 12.9. The van der Waals surface area contributed by atoms with Crippen LogP contribution in [0, 0.1) is 5.82 Å². The molecule has 88 valence electrons. The SMILES string of the molecule is CC1CCc2c(cnn2-c2ccc(F)cc2)N1. The number of nitrogens with one attached hydrogen (secondary N) is 1. The zero-order chi connectivity index (χ0) is 11.8. The van der Waals surface area contributed by atoms with E-state index in [1.807, 2.05) is 10.9 Å². The maximum Gasteiger partial charge on any atom is 0.123 e. The number of hydrogen-bond donors (Lipinski definition) is 1. The highest BCUT2D eigenvalue weighted by Crippen LogP contribution is 2.26. The van der Waals surface area contributed by atoms with Gasteiger partial charge in [0.2, 0.25) is 0 Å². The number of halogens is 1. The first-order valence-electron chi connectivity index (χ1n) is 5.83. The summed E-state index contributed by atoms with van der Waals surface area (Å²) in [5, 5.41) is 7.77. The Hall–Kier alpha value is -1.84. The molecule has 3 nitrogen and oxygen atoms in total. The lowest BCUT2D eigenvalue weighted by atomic mass is 10.1.